The zero-order valence-electron chi connectivity index (χ0n) is 58.8. The van der Waals surface area contributed by atoms with E-state index >= 15 is 0 Å². The summed E-state index contributed by atoms with van der Waals surface area (Å²) in [6.07, 6.45) is 43.3. The van der Waals surface area contributed by atoms with Gasteiger partial charge in [0.1, 0.15) is 19.3 Å². The number of hydrogen-bond acceptors (Lipinski definition) is 15. The molecule has 3 N–H and O–H groups in total. The number of aliphatic hydroxyl groups is 1. The van der Waals surface area contributed by atoms with Crippen molar-refractivity contribution in [2.24, 2.45) is 23.7 Å². The van der Waals surface area contributed by atoms with Crippen molar-refractivity contribution in [2.75, 3.05) is 39.6 Å². The van der Waals surface area contributed by atoms with Gasteiger partial charge in [-0.1, -0.05) is 299 Å². The molecule has 0 aliphatic carbocycles. The smallest absolute Gasteiger partial charge is 0.462 e. The standard InChI is InChI=1S/C71H138O17P2/c1-9-64(8)50-42-34-28-30-36-44-52-69(74)82-58-66(87-70(75)53-45-37-26-22-17-13-11-10-12-15-19-23-31-39-47-61(2)3)59-85-89(77,78)83-55-65(72)56-84-90(79,80)86-60-67(88-71(76)54-46-38-29-27-33-41-49-63(6)7)57-81-68(73)51-43-35-25-21-18-14-16-20-24-32-40-48-62(4)5/h61-67,72H,9-60H2,1-8H3,(H,77,78)(H,79,80)/t64?,65-,66+,67+/m0/s1. The van der Waals surface area contributed by atoms with Crippen molar-refractivity contribution in [3.8, 4) is 0 Å². The molecule has 19 heteroatoms. The topological polar surface area (TPSA) is 237 Å². The minimum atomic E-state index is -4.95. The number of phosphoric ester groups is 2. The largest absolute Gasteiger partial charge is 0.472 e. The van der Waals surface area contributed by atoms with E-state index in [1.165, 1.54) is 148 Å². The first kappa shape index (κ1) is 88.1. The molecule has 90 heavy (non-hydrogen) atoms. The van der Waals surface area contributed by atoms with Crippen molar-refractivity contribution in [3.63, 3.8) is 0 Å². The Kier molecular flexibility index (Phi) is 59.4. The summed E-state index contributed by atoms with van der Waals surface area (Å²) in [6, 6.07) is 0. The third-order valence-electron chi connectivity index (χ3n) is 16.7. The molecule has 0 radical (unpaired) electrons. The Morgan fingerprint density at radius 2 is 0.533 bits per heavy atom. The van der Waals surface area contributed by atoms with Crippen LogP contribution in [0, 0.1) is 23.7 Å². The van der Waals surface area contributed by atoms with Crippen molar-refractivity contribution in [2.45, 2.75) is 369 Å². The summed E-state index contributed by atoms with van der Waals surface area (Å²) in [4.78, 5) is 72.5. The van der Waals surface area contributed by atoms with E-state index in [-0.39, 0.29) is 25.7 Å². The van der Waals surface area contributed by atoms with Crippen LogP contribution in [-0.4, -0.2) is 96.7 Å². The molecule has 0 heterocycles. The number of unbranched alkanes of at least 4 members (excludes halogenated alkanes) is 33. The third-order valence-corrected chi connectivity index (χ3v) is 18.6. The first-order valence-electron chi connectivity index (χ1n) is 36.7. The van der Waals surface area contributed by atoms with Gasteiger partial charge in [-0.2, -0.15) is 0 Å². The van der Waals surface area contributed by atoms with Gasteiger partial charge in [-0.25, -0.2) is 9.13 Å². The Hall–Kier alpha value is -1.94. The second kappa shape index (κ2) is 60.7. The fraction of sp³-hybridized carbons (Fsp3) is 0.944. The van der Waals surface area contributed by atoms with Gasteiger partial charge in [0.15, 0.2) is 12.2 Å². The van der Waals surface area contributed by atoms with Gasteiger partial charge < -0.3 is 33.8 Å². The highest BCUT2D eigenvalue weighted by atomic mass is 31.2. The summed E-state index contributed by atoms with van der Waals surface area (Å²) in [5.74, 6) is 0.834. The van der Waals surface area contributed by atoms with Crippen molar-refractivity contribution < 1.29 is 80.2 Å². The maximum absolute atomic E-state index is 13.0. The lowest BCUT2D eigenvalue weighted by molar-refractivity contribution is -0.161. The molecule has 0 aliphatic rings. The van der Waals surface area contributed by atoms with Gasteiger partial charge >= 0.3 is 39.5 Å². The van der Waals surface area contributed by atoms with Crippen LogP contribution in [-0.2, 0) is 65.4 Å². The molecule has 0 aliphatic heterocycles. The normalized spacial score (nSPS) is 14.6. The molecule has 0 saturated heterocycles. The van der Waals surface area contributed by atoms with E-state index in [2.05, 4.69) is 55.4 Å². The molecule has 0 aromatic rings. The Labute approximate surface area is 549 Å². The van der Waals surface area contributed by atoms with Gasteiger partial charge in [-0.15, -0.1) is 0 Å². The number of carbonyl (C=O) groups excluding carboxylic acids is 4. The molecular weight excluding hydrogens is 1190 g/mol. The Balaban J connectivity index is 5.21. The van der Waals surface area contributed by atoms with Crippen LogP contribution in [0.2, 0.25) is 0 Å². The fourth-order valence-corrected chi connectivity index (χ4v) is 12.2. The van der Waals surface area contributed by atoms with E-state index in [1.54, 1.807) is 0 Å². The van der Waals surface area contributed by atoms with Crippen LogP contribution in [0.4, 0.5) is 0 Å². The summed E-state index contributed by atoms with van der Waals surface area (Å²) >= 11 is 0. The van der Waals surface area contributed by atoms with Crippen molar-refractivity contribution >= 4 is 39.5 Å². The van der Waals surface area contributed by atoms with Gasteiger partial charge in [0.05, 0.1) is 26.4 Å². The lowest BCUT2D eigenvalue weighted by Gasteiger charge is -2.21. The van der Waals surface area contributed by atoms with Crippen LogP contribution >= 0.6 is 15.6 Å². The van der Waals surface area contributed by atoms with E-state index in [0.29, 0.717) is 31.6 Å². The van der Waals surface area contributed by atoms with E-state index in [9.17, 15) is 43.2 Å². The van der Waals surface area contributed by atoms with Crippen LogP contribution in [0.5, 0.6) is 0 Å². The molecule has 534 valence electrons. The highest BCUT2D eigenvalue weighted by molar-refractivity contribution is 7.47. The third kappa shape index (κ3) is 63.5. The molecule has 0 saturated carbocycles. The minimum Gasteiger partial charge on any atom is -0.462 e. The van der Waals surface area contributed by atoms with E-state index < -0.39 is 97.5 Å². The number of rotatable bonds is 68. The zero-order valence-corrected chi connectivity index (χ0v) is 60.6. The molecule has 0 bridgehead atoms. The number of phosphoric acid groups is 2. The number of hydrogen-bond donors (Lipinski definition) is 3. The van der Waals surface area contributed by atoms with Crippen LogP contribution < -0.4 is 0 Å². The molecule has 17 nitrogen and oxygen atoms in total. The van der Waals surface area contributed by atoms with Gasteiger partial charge in [0.25, 0.3) is 0 Å². The highest BCUT2D eigenvalue weighted by Crippen LogP contribution is 2.45. The molecule has 3 unspecified atom stereocenters. The summed E-state index contributed by atoms with van der Waals surface area (Å²) in [7, 11) is -9.90. The van der Waals surface area contributed by atoms with Crippen molar-refractivity contribution in [1.29, 1.82) is 0 Å². The van der Waals surface area contributed by atoms with Gasteiger partial charge in [0, 0.05) is 25.7 Å². The lowest BCUT2D eigenvalue weighted by Crippen LogP contribution is -2.30. The van der Waals surface area contributed by atoms with Crippen LogP contribution in [0.25, 0.3) is 0 Å². The summed E-state index contributed by atoms with van der Waals surface area (Å²) in [5.41, 5.74) is 0. The van der Waals surface area contributed by atoms with E-state index in [4.69, 9.17) is 37.0 Å². The number of aliphatic hydroxyl groups excluding tert-OH is 1. The van der Waals surface area contributed by atoms with Crippen LogP contribution in [0.3, 0.4) is 0 Å². The first-order valence-corrected chi connectivity index (χ1v) is 39.7. The molecule has 0 spiro atoms. The van der Waals surface area contributed by atoms with E-state index in [1.807, 2.05) is 0 Å². The molecular formula is C71H138O17P2. The minimum absolute atomic E-state index is 0.102. The maximum atomic E-state index is 13.0. The Morgan fingerprint density at radius 3 is 0.789 bits per heavy atom. The number of esters is 4. The monoisotopic (exact) mass is 1320 g/mol. The van der Waals surface area contributed by atoms with Crippen LogP contribution in [0.1, 0.15) is 351 Å². The highest BCUT2D eigenvalue weighted by Gasteiger charge is 2.30. The predicted molar refractivity (Wildman–Crippen MR) is 363 cm³/mol. The first-order chi connectivity index (χ1) is 43.1. The Bertz CT molecular complexity index is 1780. The Morgan fingerprint density at radius 1 is 0.311 bits per heavy atom. The summed E-state index contributed by atoms with van der Waals surface area (Å²) in [6.45, 7) is 14.1. The van der Waals surface area contributed by atoms with Crippen molar-refractivity contribution in [3.05, 3.63) is 0 Å². The van der Waals surface area contributed by atoms with Gasteiger partial charge in [0.2, 0.25) is 0 Å². The maximum Gasteiger partial charge on any atom is 0.472 e. The molecule has 0 aromatic carbocycles. The number of ether oxygens (including phenoxy) is 4. The predicted octanol–water partition coefficient (Wildman–Crippen LogP) is 20.1. The fourth-order valence-electron chi connectivity index (χ4n) is 10.6. The molecule has 0 aromatic heterocycles. The SMILES string of the molecule is CCC(C)CCCCCCCCC(=O)OC[C@H](COP(=O)(O)OC[C@H](O)COP(=O)(O)OC[C@@H](COC(=O)CCCCCCCCCCCCCC(C)C)OC(=O)CCCCCCCCC(C)C)OC(=O)CCCCCCCCCCCCCCCCC(C)C. The molecule has 0 rings (SSSR count). The summed E-state index contributed by atoms with van der Waals surface area (Å²) < 4.78 is 68.3. The van der Waals surface area contributed by atoms with Crippen LogP contribution in [0.15, 0.2) is 0 Å². The lowest BCUT2D eigenvalue weighted by atomic mass is 10.00. The second-order valence-corrected chi connectivity index (χ2v) is 30.2. The quantitative estimate of drug-likeness (QED) is 0.0222. The zero-order chi connectivity index (χ0) is 66.8. The van der Waals surface area contributed by atoms with Crippen molar-refractivity contribution in [1.82, 2.24) is 0 Å². The van der Waals surface area contributed by atoms with Gasteiger partial charge in [-0.05, 0) is 49.4 Å². The average Bonchev–Trinajstić information content (AvgIpc) is 3.71. The van der Waals surface area contributed by atoms with E-state index in [0.717, 1.165) is 114 Å². The second-order valence-electron chi connectivity index (χ2n) is 27.3. The molecule has 6 atom stereocenters. The number of carbonyl (C=O) groups is 4. The summed E-state index contributed by atoms with van der Waals surface area (Å²) in [5, 5.41) is 10.6. The molecule has 0 fully saturated rings. The average molecular weight is 1330 g/mol. The van der Waals surface area contributed by atoms with Gasteiger partial charge in [-0.3, -0.25) is 37.3 Å². The molecule has 0 amide bonds.